The minimum atomic E-state index is -0.474. The third kappa shape index (κ3) is 3.81. The molecule has 2 fully saturated rings. The van der Waals surface area contributed by atoms with Crippen molar-refractivity contribution < 1.29 is 9.59 Å². The number of carbonyl (C=O) groups is 2. The summed E-state index contributed by atoms with van der Waals surface area (Å²) in [5.74, 6) is -0.352. The van der Waals surface area contributed by atoms with Crippen LogP contribution in [-0.2, 0) is 4.79 Å². The van der Waals surface area contributed by atoms with E-state index in [1.54, 1.807) is 0 Å². The van der Waals surface area contributed by atoms with Gasteiger partial charge in [-0.3, -0.25) is 14.5 Å². The van der Waals surface area contributed by atoms with Gasteiger partial charge in [0.15, 0.2) is 11.6 Å². The van der Waals surface area contributed by atoms with Crippen molar-refractivity contribution in [1.82, 2.24) is 4.90 Å². The van der Waals surface area contributed by atoms with Crippen LogP contribution < -0.4 is 4.90 Å². The molecule has 4 nitrogen and oxygen atoms in total. The van der Waals surface area contributed by atoms with Gasteiger partial charge in [0.1, 0.15) is 0 Å². The number of para-hydroxylation sites is 1. The monoisotopic (exact) mass is 362 g/mol. The molecule has 4 heteroatoms. The van der Waals surface area contributed by atoms with Crippen molar-refractivity contribution in [1.29, 1.82) is 0 Å². The Morgan fingerprint density at radius 3 is 2.11 bits per heavy atom. The van der Waals surface area contributed by atoms with Gasteiger partial charge >= 0.3 is 0 Å². The summed E-state index contributed by atoms with van der Waals surface area (Å²) in [5.41, 5.74) is 1.90. The maximum absolute atomic E-state index is 13.1. The lowest BCUT2D eigenvalue weighted by Gasteiger charge is -2.42. The Kier molecular flexibility index (Phi) is 5.35. The Hall–Kier alpha value is -2.46. The normalized spacial score (nSPS) is 24.0. The summed E-state index contributed by atoms with van der Waals surface area (Å²) in [6.45, 7) is 3.59. The fourth-order valence-corrected chi connectivity index (χ4v) is 4.39. The molecule has 140 valence electrons. The highest BCUT2D eigenvalue weighted by Gasteiger charge is 2.39. The maximum Gasteiger partial charge on any atom is 0.173 e. The number of Topliss-reactive ketones (excluding diaryl/α,β-unsaturated/α-hetero) is 2. The molecule has 0 bridgehead atoms. The third-order valence-corrected chi connectivity index (χ3v) is 5.89. The molecular weight excluding hydrogens is 336 g/mol. The minimum absolute atomic E-state index is 0.00628. The van der Waals surface area contributed by atoms with Crippen LogP contribution in [0.2, 0.25) is 0 Å². The van der Waals surface area contributed by atoms with Crippen LogP contribution in [0.25, 0.3) is 0 Å². The van der Waals surface area contributed by atoms with Crippen LogP contribution >= 0.6 is 0 Å². The Morgan fingerprint density at radius 2 is 1.44 bits per heavy atom. The van der Waals surface area contributed by atoms with Crippen LogP contribution in [0.5, 0.6) is 0 Å². The maximum atomic E-state index is 13.1. The lowest BCUT2D eigenvalue weighted by molar-refractivity contribution is -0.129. The number of carbonyl (C=O) groups excluding carboxylic acids is 2. The van der Waals surface area contributed by atoms with Gasteiger partial charge in [-0.1, -0.05) is 55.0 Å². The van der Waals surface area contributed by atoms with Crippen LogP contribution in [-0.4, -0.2) is 48.7 Å². The van der Waals surface area contributed by atoms with E-state index in [0.717, 1.165) is 39.0 Å². The highest BCUT2D eigenvalue weighted by molar-refractivity contribution is 6.12. The lowest BCUT2D eigenvalue weighted by Crippen LogP contribution is -2.55. The second-order valence-electron chi connectivity index (χ2n) is 7.49. The number of ketones is 2. The van der Waals surface area contributed by atoms with Crippen molar-refractivity contribution in [3.05, 3.63) is 66.2 Å². The third-order valence-electron chi connectivity index (χ3n) is 5.89. The Morgan fingerprint density at radius 1 is 0.815 bits per heavy atom. The Labute approximate surface area is 160 Å². The molecule has 2 unspecified atom stereocenters. The number of anilines is 1. The molecule has 1 saturated heterocycles. The molecule has 0 radical (unpaired) electrons. The summed E-state index contributed by atoms with van der Waals surface area (Å²) in [6.07, 6.45) is 2.51. The van der Waals surface area contributed by atoms with Crippen molar-refractivity contribution in [2.45, 2.75) is 25.3 Å². The number of piperazine rings is 1. The van der Waals surface area contributed by atoms with E-state index in [1.807, 2.05) is 36.4 Å². The van der Waals surface area contributed by atoms with Gasteiger partial charge in [-0.05, 0) is 25.0 Å². The SMILES string of the molecule is O=C(c1ccccc1)C1CCCC(N2CCN(c3ccccc3)CC2)C1=O. The van der Waals surface area contributed by atoms with E-state index >= 15 is 0 Å². The van der Waals surface area contributed by atoms with Gasteiger partial charge in [-0.25, -0.2) is 0 Å². The van der Waals surface area contributed by atoms with Crippen molar-refractivity contribution in [3.8, 4) is 0 Å². The molecule has 1 aliphatic carbocycles. The van der Waals surface area contributed by atoms with Gasteiger partial charge in [0.05, 0.1) is 12.0 Å². The van der Waals surface area contributed by atoms with Gasteiger partial charge in [0.25, 0.3) is 0 Å². The summed E-state index contributed by atoms with van der Waals surface area (Å²) in [6, 6.07) is 19.6. The molecule has 2 aromatic carbocycles. The second kappa shape index (κ2) is 8.05. The van der Waals surface area contributed by atoms with E-state index in [-0.39, 0.29) is 17.6 Å². The summed E-state index contributed by atoms with van der Waals surface area (Å²) in [7, 11) is 0. The van der Waals surface area contributed by atoms with E-state index in [9.17, 15) is 9.59 Å². The fourth-order valence-electron chi connectivity index (χ4n) is 4.39. The fraction of sp³-hybridized carbons (Fsp3) is 0.391. The van der Waals surface area contributed by atoms with E-state index in [0.29, 0.717) is 12.0 Å². The highest BCUT2D eigenvalue weighted by atomic mass is 16.2. The molecule has 2 atom stereocenters. The first kappa shape index (κ1) is 17.9. The molecular formula is C23H26N2O2. The van der Waals surface area contributed by atoms with Crippen molar-refractivity contribution in [2.24, 2.45) is 5.92 Å². The van der Waals surface area contributed by atoms with Crippen LogP contribution in [0, 0.1) is 5.92 Å². The Bertz CT molecular complexity index is 783. The predicted molar refractivity (Wildman–Crippen MR) is 107 cm³/mol. The van der Waals surface area contributed by atoms with Gasteiger partial charge in [0, 0.05) is 37.4 Å². The average Bonchev–Trinajstić information content (AvgIpc) is 2.75. The number of hydrogen-bond donors (Lipinski definition) is 0. The van der Waals surface area contributed by atoms with E-state index in [4.69, 9.17) is 0 Å². The molecule has 0 aromatic heterocycles. The van der Waals surface area contributed by atoms with E-state index in [1.165, 1.54) is 5.69 Å². The zero-order valence-electron chi connectivity index (χ0n) is 15.6. The Balaban J connectivity index is 1.41. The van der Waals surface area contributed by atoms with Crippen molar-refractivity contribution in [3.63, 3.8) is 0 Å². The standard InChI is InChI=1S/C23H26N2O2/c26-22(18-8-3-1-4-9-18)20-12-7-13-21(23(20)27)25-16-14-24(15-17-25)19-10-5-2-6-11-19/h1-6,8-11,20-21H,7,12-17H2. The molecule has 2 aliphatic rings. The number of nitrogens with zero attached hydrogens (tertiary/aromatic N) is 2. The zero-order chi connectivity index (χ0) is 18.6. The number of rotatable bonds is 4. The topological polar surface area (TPSA) is 40.6 Å². The second-order valence-corrected chi connectivity index (χ2v) is 7.49. The smallest absolute Gasteiger partial charge is 0.173 e. The van der Waals surface area contributed by atoms with Crippen LogP contribution in [0.15, 0.2) is 60.7 Å². The summed E-state index contributed by atoms with van der Waals surface area (Å²) in [5, 5.41) is 0. The van der Waals surface area contributed by atoms with Crippen LogP contribution in [0.1, 0.15) is 29.6 Å². The molecule has 0 amide bonds. The van der Waals surface area contributed by atoms with Gasteiger partial charge in [-0.15, -0.1) is 0 Å². The van der Waals surface area contributed by atoms with Crippen molar-refractivity contribution >= 4 is 17.3 Å². The zero-order valence-corrected chi connectivity index (χ0v) is 15.6. The number of hydrogen-bond acceptors (Lipinski definition) is 4. The molecule has 1 saturated carbocycles. The minimum Gasteiger partial charge on any atom is -0.369 e. The average molecular weight is 362 g/mol. The molecule has 2 aromatic rings. The van der Waals surface area contributed by atoms with Crippen LogP contribution in [0.3, 0.4) is 0 Å². The first-order valence-electron chi connectivity index (χ1n) is 9.91. The number of benzene rings is 2. The molecule has 4 rings (SSSR count). The molecule has 1 aliphatic heterocycles. The summed E-state index contributed by atoms with van der Waals surface area (Å²) < 4.78 is 0. The first-order chi connectivity index (χ1) is 13.2. The van der Waals surface area contributed by atoms with E-state index in [2.05, 4.69) is 34.1 Å². The lowest BCUT2D eigenvalue weighted by atomic mass is 9.79. The van der Waals surface area contributed by atoms with Gasteiger partial charge < -0.3 is 4.90 Å². The molecule has 0 spiro atoms. The summed E-state index contributed by atoms with van der Waals surface area (Å²) in [4.78, 5) is 30.6. The van der Waals surface area contributed by atoms with Gasteiger partial charge in [-0.2, -0.15) is 0 Å². The van der Waals surface area contributed by atoms with Gasteiger partial charge in [0.2, 0.25) is 0 Å². The quantitative estimate of drug-likeness (QED) is 0.617. The molecule has 0 N–H and O–H groups in total. The van der Waals surface area contributed by atoms with E-state index < -0.39 is 5.92 Å². The predicted octanol–water partition coefficient (Wildman–Crippen LogP) is 3.43. The first-order valence-corrected chi connectivity index (χ1v) is 9.91. The van der Waals surface area contributed by atoms with Crippen molar-refractivity contribution in [2.75, 3.05) is 31.1 Å². The molecule has 1 heterocycles. The highest BCUT2D eigenvalue weighted by Crippen LogP contribution is 2.29. The summed E-state index contributed by atoms with van der Waals surface area (Å²) >= 11 is 0. The molecule has 27 heavy (non-hydrogen) atoms. The largest absolute Gasteiger partial charge is 0.369 e. The van der Waals surface area contributed by atoms with Crippen LogP contribution in [0.4, 0.5) is 5.69 Å².